The molecule has 2 aliphatic carbocycles. The fourth-order valence-electron chi connectivity index (χ4n) is 13.5. The van der Waals surface area contributed by atoms with Crippen LogP contribution >= 0.6 is 0 Å². The minimum atomic E-state index is -1.26. The average molecular weight is 1010 g/mol. The Balaban J connectivity index is 0.930. The fourth-order valence-corrected chi connectivity index (χ4v) is 13.5. The van der Waals surface area contributed by atoms with Gasteiger partial charge in [-0.3, -0.25) is 9.59 Å². The van der Waals surface area contributed by atoms with E-state index in [9.17, 15) is 29.4 Å². The molecule has 3 unspecified atom stereocenters. The van der Waals surface area contributed by atoms with Crippen molar-refractivity contribution in [2.75, 3.05) is 36.0 Å². The highest BCUT2D eigenvalue weighted by Gasteiger charge is 2.44. The molecule has 6 fully saturated rings. The first-order valence-electron chi connectivity index (χ1n) is 26.3. The van der Waals surface area contributed by atoms with E-state index in [1.807, 2.05) is 0 Å². The van der Waals surface area contributed by atoms with Crippen LogP contribution in [0.25, 0.3) is 22.1 Å². The number of hydrogen-bond donors (Lipinski definition) is 6. The van der Waals surface area contributed by atoms with Gasteiger partial charge in [0.15, 0.2) is 11.6 Å². The van der Waals surface area contributed by atoms with E-state index >= 15 is 17.6 Å². The van der Waals surface area contributed by atoms with Gasteiger partial charge in [-0.05, 0) is 132 Å². The number of carboxylic acid groups (broad SMARTS) is 2. The molecule has 6 atom stereocenters. The number of benzene rings is 3. The summed E-state index contributed by atoms with van der Waals surface area (Å²) in [5.74, 6) is -2.79. The Labute approximate surface area is 419 Å². The highest BCUT2D eigenvalue weighted by Crippen LogP contribution is 2.50. The molecule has 6 heterocycles. The lowest BCUT2D eigenvalue weighted by Gasteiger charge is -2.35. The zero-order valence-electron chi connectivity index (χ0n) is 40.7. The van der Waals surface area contributed by atoms with Crippen molar-refractivity contribution >= 4 is 57.4 Å². The van der Waals surface area contributed by atoms with E-state index in [2.05, 4.69) is 20.6 Å². The van der Waals surface area contributed by atoms with Gasteiger partial charge in [-0.15, -0.1) is 0 Å². The van der Waals surface area contributed by atoms with Gasteiger partial charge in [0, 0.05) is 43.0 Å². The first-order chi connectivity index (χ1) is 35.3. The quantitative estimate of drug-likeness (QED) is 0.0653. The van der Waals surface area contributed by atoms with Crippen LogP contribution in [0.15, 0.2) is 36.4 Å². The first kappa shape index (κ1) is 48.7. The van der Waals surface area contributed by atoms with Gasteiger partial charge in [-0.2, -0.15) is 0 Å². The van der Waals surface area contributed by atoms with Gasteiger partial charge in [0.05, 0.1) is 46.2 Å². The zero-order chi connectivity index (χ0) is 50.7. The van der Waals surface area contributed by atoms with E-state index in [0.717, 1.165) is 70.6 Å². The number of fused-ring (bicyclic) bond motifs is 2. The third-order valence-corrected chi connectivity index (χ3v) is 16.8. The van der Waals surface area contributed by atoms with E-state index in [1.165, 1.54) is 24.3 Å². The van der Waals surface area contributed by atoms with Crippen LogP contribution in [0.3, 0.4) is 0 Å². The summed E-state index contributed by atoms with van der Waals surface area (Å²) in [5, 5.41) is 24.3. The summed E-state index contributed by atoms with van der Waals surface area (Å²) in [4.78, 5) is 74.9. The molecular formula is C53H62F4N10O6. The van der Waals surface area contributed by atoms with Crippen molar-refractivity contribution in [1.82, 2.24) is 40.4 Å². The number of H-pyrrole nitrogens is 2. The van der Waals surface area contributed by atoms with Crippen LogP contribution in [0.4, 0.5) is 38.5 Å². The Morgan fingerprint density at radius 3 is 1.38 bits per heavy atom. The molecule has 3 aromatic carbocycles. The SMILES string of the molecule is O=C(O)NC(C(=O)N1CCCC1c1nc2cc([C@H]3CC[C@@H](c4cc5nc(C6CCCN6C(=O)[C@@H](NC(=O)O)C6CCCC6)[nH]c5cc4F)N3c3cc(F)c(N4CCCCC4)c(F)c3)c(F)cc2[nH]1)C1CCCC1. The molecule has 20 heteroatoms. The molecule has 11 rings (SSSR count). The minimum Gasteiger partial charge on any atom is -0.465 e. The van der Waals surface area contributed by atoms with E-state index < -0.39 is 71.7 Å². The van der Waals surface area contributed by atoms with Crippen molar-refractivity contribution < 1.29 is 47.0 Å². The number of piperidine rings is 1. The maximum atomic E-state index is 16.9. The molecule has 2 saturated carbocycles. The molecular weight excluding hydrogens is 949 g/mol. The lowest BCUT2D eigenvalue weighted by molar-refractivity contribution is -0.136. The van der Waals surface area contributed by atoms with Gasteiger partial charge >= 0.3 is 12.2 Å². The summed E-state index contributed by atoms with van der Waals surface area (Å²) in [6.45, 7) is 1.80. The Kier molecular flexibility index (Phi) is 13.3. The topological polar surface area (TPSA) is 203 Å². The lowest BCUT2D eigenvalue weighted by atomic mass is 9.96. The number of halogens is 4. The Morgan fingerprint density at radius 2 is 0.959 bits per heavy atom. The second kappa shape index (κ2) is 20.0. The van der Waals surface area contributed by atoms with Gasteiger partial charge in [-0.25, -0.2) is 37.1 Å². The summed E-state index contributed by atoms with van der Waals surface area (Å²) in [6, 6.07) is 3.85. The number of imidazole rings is 2. The molecule has 16 nitrogen and oxygen atoms in total. The number of carbonyl (C=O) groups is 4. The molecule has 388 valence electrons. The van der Waals surface area contributed by atoms with Crippen LogP contribution in [-0.2, 0) is 9.59 Å². The third kappa shape index (κ3) is 9.27. The highest BCUT2D eigenvalue weighted by atomic mass is 19.1. The number of rotatable bonds is 12. The average Bonchev–Trinajstić information content (AvgIpc) is 4.22. The molecule has 0 bridgehead atoms. The first-order valence-corrected chi connectivity index (χ1v) is 26.3. The van der Waals surface area contributed by atoms with Crippen LogP contribution < -0.4 is 20.4 Å². The second-order valence-corrected chi connectivity index (χ2v) is 21.2. The van der Waals surface area contributed by atoms with E-state index in [4.69, 9.17) is 9.97 Å². The molecule has 0 spiro atoms. The van der Waals surface area contributed by atoms with E-state index in [0.29, 0.717) is 85.6 Å². The third-order valence-electron chi connectivity index (χ3n) is 16.8. The Hall–Kier alpha value is -6.60. The summed E-state index contributed by atoms with van der Waals surface area (Å²) in [5.41, 5.74) is 1.87. The standard InChI is InChI=1S/C53H62F4N10O6/c54-33-26-39-37(58-48(60-39)43-14-8-20-65(43)50(68)45(62-52(70)71)28-10-2-3-11-28)24-31(33)41-16-17-42(67(41)30-22-35(56)47(36(57)23-30)64-18-6-1-7-19-64)32-25-38-40(27-34(32)55)61-49(59-38)44-15-9-21-66(44)51(69)46(63-53(72)73)29-12-4-5-13-29/h22-29,41-46,62-63H,1-21H2,(H,58,60)(H,59,61)(H,70,71)(H,72,73)/t41-,42+,43?,44?,45-,46?/m0/s1. The van der Waals surface area contributed by atoms with Crippen molar-refractivity contribution in [1.29, 1.82) is 0 Å². The molecule has 4 aliphatic heterocycles. The second-order valence-electron chi connectivity index (χ2n) is 21.2. The molecule has 6 aliphatic rings. The van der Waals surface area contributed by atoms with Crippen molar-refractivity contribution in [3.8, 4) is 0 Å². The van der Waals surface area contributed by atoms with Gasteiger partial charge < -0.3 is 50.4 Å². The summed E-state index contributed by atoms with van der Waals surface area (Å²) >= 11 is 0. The largest absolute Gasteiger partial charge is 0.465 e. The minimum absolute atomic E-state index is 0.103. The normalized spacial score (nSPS) is 23.8. The van der Waals surface area contributed by atoms with Crippen molar-refractivity contribution in [3.05, 3.63) is 82.4 Å². The predicted molar refractivity (Wildman–Crippen MR) is 263 cm³/mol. The number of anilines is 2. The number of nitrogens with one attached hydrogen (secondary N) is 4. The molecule has 73 heavy (non-hydrogen) atoms. The molecule has 2 aromatic heterocycles. The molecule has 6 N–H and O–H groups in total. The smallest absolute Gasteiger partial charge is 0.405 e. The van der Waals surface area contributed by atoms with Crippen LogP contribution in [0.2, 0.25) is 0 Å². The fraction of sp³-hybridized carbons (Fsp3) is 0.547. The van der Waals surface area contributed by atoms with Crippen LogP contribution in [0.5, 0.6) is 0 Å². The number of aromatic nitrogens is 4. The lowest BCUT2D eigenvalue weighted by Crippen LogP contribution is -2.51. The van der Waals surface area contributed by atoms with Gasteiger partial charge in [-0.1, -0.05) is 25.7 Å². The van der Waals surface area contributed by atoms with Crippen molar-refractivity contribution in [2.24, 2.45) is 11.8 Å². The maximum absolute atomic E-state index is 16.9. The van der Waals surface area contributed by atoms with Crippen molar-refractivity contribution in [3.63, 3.8) is 0 Å². The van der Waals surface area contributed by atoms with Crippen LogP contribution in [-0.4, -0.2) is 102 Å². The number of likely N-dealkylation sites (tertiary alicyclic amines) is 2. The molecule has 0 radical (unpaired) electrons. The summed E-state index contributed by atoms with van der Waals surface area (Å²) in [7, 11) is 0. The van der Waals surface area contributed by atoms with Crippen LogP contribution in [0, 0.1) is 35.1 Å². The van der Waals surface area contributed by atoms with Crippen LogP contribution in [0.1, 0.15) is 156 Å². The number of aromatic amines is 2. The highest BCUT2D eigenvalue weighted by molar-refractivity contribution is 5.87. The number of nitrogens with zero attached hydrogens (tertiary/aromatic N) is 6. The maximum Gasteiger partial charge on any atom is 0.405 e. The molecule has 4 amide bonds. The van der Waals surface area contributed by atoms with Gasteiger partial charge in [0.25, 0.3) is 0 Å². The zero-order valence-corrected chi connectivity index (χ0v) is 40.7. The molecule has 5 aromatic rings. The Bertz CT molecular complexity index is 2750. The summed E-state index contributed by atoms with van der Waals surface area (Å²) < 4.78 is 66.6. The number of amides is 4. The van der Waals surface area contributed by atoms with Crippen molar-refractivity contribution in [2.45, 2.75) is 145 Å². The predicted octanol–water partition coefficient (Wildman–Crippen LogP) is 10.0. The van der Waals surface area contributed by atoms with E-state index in [1.54, 1.807) is 31.7 Å². The van der Waals surface area contributed by atoms with Gasteiger partial charge in [0.2, 0.25) is 11.8 Å². The number of carbonyl (C=O) groups excluding carboxylic acids is 2. The summed E-state index contributed by atoms with van der Waals surface area (Å²) in [6.07, 6.45) is 9.63. The van der Waals surface area contributed by atoms with Gasteiger partial charge in [0.1, 0.15) is 41.1 Å². The monoisotopic (exact) mass is 1010 g/mol. The van der Waals surface area contributed by atoms with E-state index in [-0.39, 0.29) is 59.0 Å². The molecule has 4 saturated heterocycles. The Morgan fingerprint density at radius 1 is 0.521 bits per heavy atom. The number of hydrogen-bond acceptors (Lipinski definition) is 8.